The van der Waals surface area contributed by atoms with Gasteiger partial charge in [0, 0.05) is 33.1 Å². The van der Waals surface area contributed by atoms with Gasteiger partial charge < -0.3 is 15.5 Å². The Balaban J connectivity index is 2.00. The largest absolute Gasteiger partial charge is 0.392 e. The van der Waals surface area contributed by atoms with Gasteiger partial charge in [-0.2, -0.15) is 0 Å². The smallest absolute Gasteiger partial charge is 0.235 e. The number of rotatable bonds is 2. The van der Waals surface area contributed by atoms with Crippen LogP contribution < -0.4 is 5.73 Å². The fourth-order valence-electron chi connectivity index (χ4n) is 2.43. The molecule has 5 nitrogen and oxygen atoms in total. The molecule has 18 heavy (non-hydrogen) atoms. The minimum absolute atomic E-state index is 0.0559. The molecule has 2 aliphatic rings. The van der Waals surface area contributed by atoms with Crippen LogP contribution in [-0.2, 0) is 9.59 Å². The summed E-state index contributed by atoms with van der Waals surface area (Å²) in [5.74, 6) is 0.125. The van der Waals surface area contributed by atoms with Crippen molar-refractivity contribution >= 4 is 29.0 Å². The molecular weight excluding hydrogens is 250 g/mol. The Kier molecular flexibility index (Phi) is 3.56. The van der Waals surface area contributed by atoms with Crippen LogP contribution >= 0.6 is 12.2 Å². The first-order valence-corrected chi connectivity index (χ1v) is 6.73. The highest BCUT2D eigenvalue weighted by Crippen LogP contribution is 2.47. The second-order valence-electron chi connectivity index (χ2n) is 5.10. The normalized spacial score (nSPS) is 22.3. The van der Waals surface area contributed by atoms with E-state index in [0.29, 0.717) is 24.6 Å². The van der Waals surface area contributed by atoms with Crippen molar-refractivity contribution in [1.82, 2.24) is 9.80 Å². The fourth-order valence-corrected chi connectivity index (χ4v) is 2.72. The second kappa shape index (κ2) is 4.84. The average molecular weight is 269 g/mol. The fraction of sp³-hybridized carbons (Fsp3) is 0.750. The molecule has 1 saturated carbocycles. The molecule has 0 atom stereocenters. The van der Waals surface area contributed by atoms with Crippen LogP contribution in [0.1, 0.15) is 26.2 Å². The lowest BCUT2D eigenvalue weighted by Crippen LogP contribution is -2.44. The first-order valence-electron chi connectivity index (χ1n) is 6.32. The summed E-state index contributed by atoms with van der Waals surface area (Å²) in [5, 5.41) is 0. The van der Waals surface area contributed by atoms with Gasteiger partial charge in [0.2, 0.25) is 11.8 Å². The molecular formula is C12H19N3O2S. The van der Waals surface area contributed by atoms with Crippen molar-refractivity contribution in [2.75, 3.05) is 26.2 Å². The minimum Gasteiger partial charge on any atom is -0.392 e. The maximum Gasteiger partial charge on any atom is 0.235 e. The first-order chi connectivity index (χ1) is 8.47. The molecule has 0 spiro atoms. The van der Waals surface area contributed by atoms with E-state index in [4.69, 9.17) is 18.0 Å². The monoisotopic (exact) mass is 269 g/mol. The van der Waals surface area contributed by atoms with E-state index in [9.17, 15) is 9.59 Å². The van der Waals surface area contributed by atoms with Gasteiger partial charge in [0.05, 0.1) is 10.4 Å². The molecule has 0 radical (unpaired) electrons. The van der Waals surface area contributed by atoms with Gasteiger partial charge in [-0.15, -0.1) is 0 Å². The van der Waals surface area contributed by atoms with Gasteiger partial charge in [0.15, 0.2) is 0 Å². The Hall–Kier alpha value is -1.17. The van der Waals surface area contributed by atoms with Crippen LogP contribution in [0.15, 0.2) is 0 Å². The lowest BCUT2D eigenvalue weighted by Gasteiger charge is -2.25. The van der Waals surface area contributed by atoms with Crippen LogP contribution in [0.5, 0.6) is 0 Å². The van der Waals surface area contributed by atoms with Gasteiger partial charge in [-0.25, -0.2) is 0 Å². The molecule has 6 heteroatoms. The predicted octanol–water partition coefficient (Wildman–Crippen LogP) is 0.134. The van der Waals surface area contributed by atoms with Crippen molar-refractivity contribution in [3.8, 4) is 0 Å². The van der Waals surface area contributed by atoms with Crippen LogP contribution in [0.3, 0.4) is 0 Å². The third-order valence-corrected chi connectivity index (χ3v) is 4.25. The summed E-state index contributed by atoms with van der Waals surface area (Å²) in [6, 6.07) is 0. The number of thiocarbonyl (C=S) groups is 1. The summed E-state index contributed by atoms with van der Waals surface area (Å²) in [7, 11) is 0. The molecule has 0 unspecified atom stereocenters. The van der Waals surface area contributed by atoms with Gasteiger partial charge in [-0.3, -0.25) is 9.59 Å². The summed E-state index contributed by atoms with van der Waals surface area (Å²) in [6.45, 7) is 4.16. The third kappa shape index (κ3) is 2.34. The molecule has 1 aliphatic heterocycles. The lowest BCUT2D eigenvalue weighted by molar-refractivity contribution is -0.135. The average Bonchev–Trinajstić information content (AvgIpc) is 3.12. The Morgan fingerprint density at radius 2 is 1.67 bits per heavy atom. The summed E-state index contributed by atoms with van der Waals surface area (Å²) < 4.78 is 0. The van der Waals surface area contributed by atoms with Gasteiger partial charge in [0.25, 0.3) is 0 Å². The van der Waals surface area contributed by atoms with Crippen molar-refractivity contribution in [2.45, 2.75) is 26.2 Å². The zero-order valence-corrected chi connectivity index (χ0v) is 11.5. The molecule has 1 heterocycles. The Morgan fingerprint density at radius 1 is 1.11 bits per heavy atom. The number of carbonyl (C=O) groups excluding carboxylic acids is 2. The van der Waals surface area contributed by atoms with Crippen molar-refractivity contribution in [1.29, 1.82) is 0 Å². The van der Waals surface area contributed by atoms with Crippen molar-refractivity contribution in [3.63, 3.8) is 0 Å². The zero-order chi connectivity index (χ0) is 13.3. The zero-order valence-electron chi connectivity index (χ0n) is 10.6. The molecule has 1 saturated heterocycles. The Morgan fingerprint density at radius 3 is 2.17 bits per heavy atom. The molecule has 2 fully saturated rings. The van der Waals surface area contributed by atoms with Crippen LogP contribution in [0.4, 0.5) is 0 Å². The number of nitrogens with zero attached hydrogens (tertiary/aromatic N) is 2. The SMILES string of the molecule is CC(=O)N1CCCN(C(=O)C2(C(N)=S)CC2)CC1. The van der Waals surface area contributed by atoms with E-state index in [-0.39, 0.29) is 11.8 Å². The molecule has 0 bridgehead atoms. The summed E-state index contributed by atoms with van der Waals surface area (Å²) >= 11 is 5.00. The van der Waals surface area contributed by atoms with E-state index < -0.39 is 5.41 Å². The maximum atomic E-state index is 12.4. The molecule has 2 rings (SSSR count). The molecule has 2 amide bonds. The third-order valence-electron chi connectivity index (χ3n) is 3.86. The van der Waals surface area contributed by atoms with Gasteiger partial charge in [-0.05, 0) is 19.3 Å². The molecule has 0 aromatic heterocycles. The molecule has 0 aromatic carbocycles. The maximum absolute atomic E-state index is 12.4. The molecule has 100 valence electrons. The standard InChI is InChI=1S/C12H19N3O2S/c1-9(16)14-5-2-6-15(8-7-14)11(17)12(3-4-12)10(13)18/h2-8H2,1H3,(H2,13,18). The van der Waals surface area contributed by atoms with Crippen LogP contribution in [0.25, 0.3) is 0 Å². The highest BCUT2D eigenvalue weighted by molar-refractivity contribution is 7.80. The molecule has 0 aromatic rings. The van der Waals surface area contributed by atoms with E-state index in [1.165, 1.54) is 0 Å². The van der Waals surface area contributed by atoms with Crippen LogP contribution in [0, 0.1) is 5.41 Å². The van der Waals surface area contributed by atoms with Crippen LogP contribution in [0.2, 0.25) is 0 Å². The van der Waals surface area contributed by atoms with Crippen molar-refractivity contribution < 1.29 is 9.59 Å². The Labute approximate surface area is 112 Å². The summed E-state index contributed by atoms with van der Waals surface area (Å²) in [6.07, 6.45) is 2.36. The molecule has 1 aliphatic carbocycles. The number of carbonyl (C=O) groups is 2. The highest BCUT2D eigenvalue weighted by atomic mass is 32.1. The second-order valence-corrected chi connectivity index (χ2v) is 5.54. The van der Waals surface area contributed by atoms with Crippen molar-refractivity contribution in [3.05, 3.63) is 0 Å². The van der Waals surface area contributed by atoms with Crippen molar-refractivity contribution in [2.24, 2.45) is 11.1 Å². The lowest BCUT2D eigenvalue weighted by atomic mass is 10.1. The van der Waals surface area contributed by atoms with E-state index in [2.05, 4.69) is 0 Å². The number of nitrogens with two attached hydrogens (primary N) is 1. The van der Waals surface area contributed by atoms with E-state index in [0.717, 1.165) is 25.8 Å². The summed E-state index contributed by atoms with van der Waals surface area (Å²) in [5.41, 5.74) is 5.11. The number of amides is 2. The van der Waals surface area contributed by atoms with E-state index in [1.807, 2.05) is 4.90 Å². The first kappa shape index (κ1) is 13.3. The summed E-state index contributed by atoms with van der Waals surface area (Å²) in [4.78, 5) is 27.7. The van der Waals surface area contributed by atoms with E-state index in [1.54, 1.807) is 11.8 Å². The topological polar surface area (TPSA) is 66.6 Å². The Bertz CT molecular complexity index is 393. The minimum atomic E-state index is -0.569. The van der Waals surface area contributed by atoms with Gasteiger partial charge >= 0.3 is 0 Å². The van der Waals surface area contributed by atoms with Gasteiger partial charge in [-0.1, -0.05) is 12.2 Å². The number of hydrogen-bond donors (Lipinski definition) is 1. The van der Waals surface area contributed by atoms with Gasteiger partial charge in [0.1, 0.15) is 0 Å². The highest BCUT2D eigenvalue weighted by Gasteiger charge is 2.54. The number of hydrogen-bond acceptors (Lipinski definition) is 3. The predicted molar refractivity (Wildman–Crippen MR) is 71.9 cm³/mol. The van der Waals surface area contributed by atoms with E-state index >= 15 is 0 Å². The quantitative estimate of drug-likeness (QED) is 0.724. The van der Waals surface area contributed by atoms with Crippen LogP contribution in [-0.4, -0.2) is 52.8 Å². The molecule has 2 N–H and O–H groups in total.